The summed E-state index contributed by atoms with van der Waals surface area (Å²) < 4.78 is 58.3. The van der Waals surface area contributed by atoms with E-state index >= 15 is 0 Å². The topological polar surface area (TPSA) is 75.7 Å². The molecule has 1 amide bonds. The van der Waals surface area contributed by atoms with Gasteiger partial charge in [-0.15, -0.1) is 0 Å². The number of carbonyl (C=O) groups excluding carboxylic acids is 1. The van der Waals surface area contributed by atoms with Crippen LogP contribution in [-0.4, -0.2) is 38.8 Å². The van der Waals surface area contributed by atoms with Gasteiger partial charge in [-0.2, -0.15) is 4.31 Å². The zero-order valence-corrected chi connectivity index (χ0v) is 16.0. The van der Waals surface area contributed by atoms with Crippen LogP contribution in [0.15, 0.2) is 47.4 Å². The van der Waals surface area contributed by atoms with E-state index in [4.69, 9.17) is 4.74 Å². The molecule has 1 heterocycles. The van der Waals surface area contributed by atoms with Gasteiger partial charge in [0.15, 0.2) is 11.6 Å². The number of anilines is 1. The Bertz CT molecular complexity index is 964. The van der Waals surface area contributed by atoms with E-state index in [-0.39, 0.29) is 17.1 Å². The molecule has 0 saturated carbocycles. The van der Waals surface area contributed by atoms with Crippen LogP contribution in [0.25, 0.3) is 0 Å². The van der Waals surface area contributed by atoms with E-state index in [1.54, 1.807) is 12.1 Å². The molecule has 1 aliphatic heterocycles. The first kappa shape index (κ1) is 20.2. The maximum absolute atomic E-state index is 13.3. The predicted molar refractivity (Wildman–Crippen MR) is 99.5 cm³/mol. The molecule has 1 unspecified atom stereocenters. The standard InChI is InChI=1S/C19H20F2N2O4S/c1-27-15-5-7-16(8-6-15)28(25,26)23-10-2-3-13(12-23)19(24)22-14-4-9-17(20)18(21)11-14/h4-9,11,13H,2-3,10,12H2,1H3,(H,22,24). The number of nitrogens with one attached hydrogen (secondary N) is 1. The Hall–Kier alpha value is -2.52. The summed E-state index contributed by atoms with van der Waals surface area (Å²) in [6, 6.07) is 9.10. The molecule has 1 aliphatic rings. The van der Waals surface area contributed by atoms with Crippen LogP contribution >= 0.6 is 0 Å². The Morgan fingerprint density at radius 1 is 1.14 bits per heavy atom. The van der Waals surface area contributed by atoms with E-state index in [1.165, 1.54) is 29.6 Å². The summed E-state index contributed by atoms with van der Waals surface area (Å²) in [5.74, 6) is -2.55. The minimum Gasteiger partial charge on any atom is -0.497 e. The third-order valence-corrected chi connectivity index (χ3v) is 6.52. The molecule has 2 aromatic rings. The van der Waals surface area contributed by atoms with Crippen LogP contribution < -0.4 is 10.1 Å². The molecule has 0 spiro atoms. The summed E-state index contributed by atoms with van der Waals surface area (Å²) in [7, 11) is -2.26. The van der Waals surface area contributed by atoms with Crippen LogP contribution in [0.2, 0.25) is 0 Å². The number of hydrogen-bond donors (Lipinski definition) is 1. The highest BCUT2D eigenvalue weighted by atomic mass is 32.2. The maximum atomic E-state index is 13.3. The van der Waals surface area contributed by atoms with Crippen molar-refractivity contribution in [2.75, 3.05) is 25.5 Å². The average molecular weight is 410 g/mol. The molecule has 0 aromatic heterocycles. The Balaban J connectivity index is 1.71. The lowest BCUT2D eigenvalue weighted by Crippen LogP contribution is -2.43. The van der Waals surface area contributed by atoms with Crippen LogP contribution in [-0.2, 0) is 14.8 Å². The summed E-state index contributed by atoms with van der Waals surface area (Å²) in [5, 5.41) is 2.52. The van der Waals surface area contributed by atoms with Gasteiger partial charge in [-0.1, -0.05) is 0 Å². The molecule has 150 valence electrons. The summed E-state index contributed by atoms with van der Waals surface area (Å²) in [6.07, 6.45) is 1.02. The Morgan fingerprint density at radius 3 is 2.50 bits per heavy atom. The van der Waals surface area contributed by atoms with Crippen molar-refractivity contribution >= 4 is 21.6 Å². The van der Waals surface area contributed by atoms with Gasteiger partial charge in [0.2, 0.25) is 15.9 Å². The van der Waals surface area contributed by atoms with Crippen LogP contribution in [0.5, 0.6) is 5.75 Å². The van der Waals surface area contributed by atoms with E-state index in [2.05, 4.69) is 5.32 Å². The number of hydrogen-bond acceptors (Lipinski definition) is 4. The van der Waals surface area contributed by atoms with E-state index < -0.39 is 33.5 Å². The van der Waals surface area contributed by atoms with Crippen molar-refractivity contribution in [3.05, 3.63) is 54.1 Å². The van der Waals surface area contributed by atoms with Gasteiger partial charge in [0, 0.05) is 24.8 Å². The van der Waals surface area contributed by atoms with Crippen molar-refractivity contribution < 1.29 is 26.7 Å². The van der Waals surface area contributed by atoms with E-state index in [1.807, 2.05) is 0 Å². The molecule has 3 rings (SSSR count). The van der Waals surface area contributed by atoms with Crippen molar-refractivity contribution in [1.82, 2.24) is 4.31 Å². The Morgan fingerprint density at radius 2 is 1.86 bits per heavy atom. The van der Waals surface area contributed by atoms with Crippen LogP contribution in [0.3, 0.4) is 0 Å². The quantitative estimate of drug-likeness (QED) is 0.822. The van der Waals surface area contributed by atoms with Crippen molar-refractivity contribution in [1.29, 1.82) is 0 Å². The summed E-state index contributed by atoms with van der Waals surface area (Å²) in [6.45, 7) is 0.327. The van der Waals surface area contributed by atoms with Crippen LogP contribution in [0.1, 0.15) is 12.8 Å². The fourth-order valence-corrected chi connectivity index (χ4v) is 4.61. The summed E-state index contributed by atoms with van der Waals surface area (Å²) in [4.78, 5) is 12.6. The van der Waals surface area contributed by atoms with E-state index in [0.717, 1.165) is 12.1 Å². The first-order chi connectivity index (χ1) is 13.3. The van der Waals surface area contributed by atoms with Crippen molar-refractivity contribution in [3.63, 3.8) is 0 Å². The van der Waals surface area contributed by atoms with Gasteiger partial charge in [0.25, 0.3) is 0 Å². The molecule has 1 saturated heterocycles. The number of sulfonamides is 1. The van der Waals surface area contributed by atoms with Crippen LogP contribution in [0.4, 0.5) is 14.5 Å². The Kier molecular flexibility index (Phi) is 5.95. The van der Waals surface area contributed by atoms with Gasteiger partial charge >= 0.3 is 0 Å². The van der Waals surface area contributed by atoms with Crippen molar-refractivity contribution in [2.24, 2.45) is 5.92 Å². The van der Waals surface area contributed by atoms with Gasteiger partial charge in [-0.3, -0.25) is 4.79 Å². The zero-order chi connectivity index (χ0) is 20.3. The largest absolute Gasteiger partial charge is 0.497 e. The van der Waals surface area contributed by atoms with Gasteiger partial charge in [-0.25, -0.2) is 17.2 Å². The Labute approximate surface area is 162 Å². The lowest BCUT2D eigenvalue weighted by atomic mass is 9.98. The molecule has 0 aliphatic carbocycles. The second kappa shape index (κ2) is 8.24. The third-order valence-electron chi connectivity index (χ3n) is 4.64. The number of nitrogens with zero attached hydrogens (tertiary/aromatic N) is 1. The molecule has 0 radical (unpaired) electrons. The molecule has 6 nitrogen and oxygen atoms in total. The number of methoxy groups -OCH3 is 1. The third kappa shape index (κ3) is 4.31. The maximum Gasteiger partial charge on any atom is 0.243 e. The smallest absolute Gasteiger partial charge is 0.243 e. The van der Waals surface area contributed by atoms with Gasteiger partial charge in [0.1, 0.15) is 5.75 Å². The summed E-state index contributed by atoms with van der Waals surface area (Å²) in [5.41, 5.74) is 0.124. The number of halogens is 2. The molecule has 0 bridgehead atoms. The molecule has 1 fully saturated rings. The zero-order valence-electron chi connectivity index (χ0n) is 15.2. The highest BCUT2D eigenvalue weighted by Gasteiger charge is 2.33. The van der Waals surface area contributed by atoms with Crippen LogP contribution in [0, 0.1) is 17.6 Å². The average Bonchev–Trinajstić information content (AvgIpc) is 2.71. The SMILES string of the molecule is COc1ccc(S(=O)(=O)N2CCCC(C(=O)Nc3ccc(F)c(F)c3)C2)cc1. The lowest BCUT2D eigenvalue weighted by Gasteiger charge is -2.31. The molecule has 2 aromatic carbocycles. The number of rotatable bonds is 5. The van der Waals surface area contributed by atoms with Gasteiger partial charge in [-0.05, 0) is 49.2 Å². The second-order valence-corrected chi connectivity index (χ2v) is 8.43. The lowest BCUT2D eigenvalue weighted by molar-refractivity contribution is -0.120. The fourth-order valence-electron chi connectivity index (χ4n) is 3.09. The van der Waals surface area contributed by atoms with E-state index in [9.17, 15) is 22.0 Å². The second-order valence-electron chi connectivity index (χ2n) is 6.50. The molecular weight excluding hydrogens is 390 g/mol. The van der Waals surface area contributed by atoms with Crippen molar-refractivity contribution in [2.45, 2.75) is 17.7 Å². The van der Waals surface area contributed by atoms with Gasteiger partial charge < -0.3 is 10.1 Å². The predicted octanol–water partition coefficient (Wildman–Crippen LogP) is 3.01. The minimum atomic E-state index is -3.75. The number of piperidine rings is 1. The first-order valence-electron chi connectivity index (χ1n) is 8.71. The number of carbonyl (C=O) groups is 1. The molecular formula is C19H20F2N2O4S. The number of amides is 1. The normalized spacial score (nSPS) is 17.9. The number of ether oxygens (including phenoxy) is 1. The first-order valence-corrected chi connectivity index (χ1v) is 10.2. The van der Waals surface area contributed by atoms with E-state index in [0.29, 0.717) is 25.1 Å². The fraction of sp³-hybridized carbons (Fsp3) is 0.316. The molecule has 28 heavy (non-hydrogen) atoms. The monoisotopic (exact) mass is 410 g/mol. The number of benzene rings is 2. The summed E-state index contributed by atoms with van der Waals surface area (Å²) >= 11 is 0. The highest BCUT2D eigenvalue weighted by molar-refractivity contribution is 7.89. The minimum absolute atomic E-state index is 0.0177. The van der Waals surface area contributed by atoms with Gasteiger partial charge in [0.05, 0.1) is 17.9 Å². The highest BCUT2D eigenvalue weighted by Crippen LogP contribution is 2.26. The molecule has 1 atom stereocenters. The van der Waals surface area contributed by atoms with Crippen molar-refractivity contribution in [3.8, 4) is 5.75 Å². The molecule has 1 N–H and O–H groups in total. The molecule has 9 heteroatoms.